The molecule has 15 heavy (non-hydrogen) atoms. The van der Waals surface area contributed by atoms with Crippen LogP contribution in [0.5, 0.6) is 11.5 Å². The van der Waals surface area contributed by atoms with E-state index in [1.54, 1.807) is 12.5 Å². The van der Waals surface area contributed by atoms with Crippen molar-refractivity contribution in [3.63, 3.8) is 0 Å². The monoisotopic (exact) mass is 202 g/mol. The minimum absolute atomic E-state index is 0.323. The molecule has 4 nitrogen and oxygen atoms in total. The number of fused-ring (bicyclic) bond motifs is 1. The Bertz CT molecular complexity index is 465. The number of hydrogen-bond donors (Lipinski definition) is 0. The summed E-state index contributed by atoms with van der Waals surface area (Å²) in [6, 6.07) is 5.98. The van der Waals surface area contributed by atoms with E-state index in [4.69, 9.17) is 9.47 Å². The van der Waals surface area contributed by atoms with Crippen molar-refractivity contribution >= 4 is 0 Å². The molecule has 1 aliphatic heterocycles. The van der Waals surface area contributed by atoms with Gasteiger partial charge in [-0.25, -0.2) is 4.98 Å². The van der Waals surface area contributed by atoms with E-state index in [1.165, 1.54) is 5.56 Å². The molecule has 0 amide bonds. The van der Waals surface area contributed by atoms with Gasteiger partial charge in [-0.15, -0.1) is 0 Å². The molecule has 1 aliphatic rings. The summed E-state index contributed by atoms with van der Waals surface area (Å²) in [7, 11) is 0. The van der Waals surface area contributed by atoms with Crippen molar-refractivity contribution in [2.45, 2.75) is 6.54 Å². The first-order chi connectivity index (χ1) is 7.42. The van der Waals surface area contributed by atoms with Crippen LogP contribution in [0, 0.1) is 0 Å². The van der Waals surface area contributed by atoms with E-state index in [2.05, 4.69) is 4.98 Å². The van der Waals surface area contributed by atoms with Gasteiger partial charge in [0.2, 0.25) is 6.79 Å². The Morgan fingerprint density at radius 3 is 3.07 bits per heavy atom. The molecule has 0 N–H and O–H groups in total. The van der Waals surface area contributed by atoms with Gasteiger partial charge in [0.05, 0.1) is 6.33 Å². The van der Waals surface area contributed by atoms with Gasteiger partial charge in [0.25, 0.3) is 0 Å². The molecule has 0 atom stereocenters. The molecule has 4 heteroatoms. The van der Waals surface area contributed by atoms with Crippen LogP contribution < -0.4 is 9.47 Å². The van der Waals surface area contributed by atoms with Gasteiger partial charge >= 0.3 is 0 Å². The number of rotatable bonds is 2. The molecule has 3 rings (SSSR count). The normalized spacial score (nSPS) is 13.1. The van der Waals surface area contributed by atoms with E-state index in [0.29, 0.717) is 6.79 Å². The smallest absolute Gasteiger partial charge is 0.231 e. The van der Waals surface area contributed by atoms with Crippen LogP contribution in [-0.2, 0) is 6.54 Å². The molecule has 0 fully saturated rings. The van der Waals surface area contributed by atoms with Gasteiger partial charge in [0, 0.05) is 18.9 Å². The second kappa shape index (κ2) is 3.31. The van der Waals surface area contributed by atoms with Crippen molar-refractivity contribution in [3.8, 4) is 11.5 Å². The number of ether oxygens (including phenoxy) is 2. The van der Waals surface area contributed by atoms with Gasteiger partial charge in [0.15, 0.2) is 11.5 Å². The van der Waals surface area contributed by atoms with Gasteiger partial charge in [-0.05, 0) is 17.7 Å². The Labute approximate surface area is 87.1 Å². The molecule has 0 unspecified atom stereocenters. The molecule has 0 radical (unpaired) electrons. The summed E-state index contributed by atoms with van der Waals surface area (Å²) in [5.41, 5.74) is 1.18. The van der Waals surface area contributed by atoms with Crippen molar-refractivity contribution in [2.24, 2.45) is 0 Å². The molecule has 0 bridgehead atoms. The van der Waals surface area contributed by atoms with Gasteiger partial charge < -0.3 is 14.0 Å². The number of aromatic nitrogens is 2. The lowest BCUT2D eigenvalue weighted by atomic mass is 10.2. The Balaban J connectivity index is 1.87. The van der Waals surface area contributed by atoms with Crippen LogP contribution in [0.2, 0.25) is 0 Å². The van der Waals surface area contributed by atoms with Gasteiger partial charge in [-0.3, -0.25) is 0 Å². The molecular weight excluding hydrogens is 192 g/mol. The first-order valence-corrected chi connectivity index (χ1v) is 4.76. The molecular formula is C11H10N2O2. The van der Waals surface area contributed by atoms with Gasteiger partial charge in [-0.1, -0.05) is 6.07 Å². The summed E-state index contributed by atoms with van der Waals surface area (Å²) in [5.74, 6) is 1.65. The topological polar surface area (TPSA) is 36.3 Å². The summed E-state index contributed by atoms with van der Waals surface area (Å²) >= 11 is 0. The van der Waals surface area contributed by atoms with Crippen molar-refractivity contribution in [2.75, 3.05) is 6.79 Å². The predicted octanol–water partition coefficient (Wildman–Crippen LogP) is 1.66. The summed E-state index contributed by atoms with van der Waals surface area (Å²) in [6.45, 7) is 1.13. The Kier molecular flexibility index (Phi) is 1.84. The molecule has 1 aromatic carbocycles. The van der Waals surface area contributed by atoms with E-state index in [0.717, 1.165) is 18.0 Å². The molecule has 0 spiro atoms. The molecule has 0 saturated heterocycles. The maximum Gasteiger partial charge on any atom is 0.231 e. The van der Waals surface area contributed by atoms with Gasteiger partial charge in [-0.2, -0.15) is 0 Å². The molecule has 2 heterocycles. The number of nitrogens with zero attached hydrogens (tertiary/aromatic N) is 2. The van der Waals surface area contributed by atoms with Crippen LogP contribution in [0.3, 0.4) is 0 Å². The van der Waals surface area contributed by atoms with Crippen LogP contribution in [0.1, 0.15) is 5.56 Å². The third kappa shape index (κ3) is 1.54. The minimum Gasteiger partial charge on any atom is -0.454 e. The summed E-state index contributed by atoms with van der Waals surface area (Å²) in [6.07, 6.45) is 5.50. The largest absolute Gasteiger partial charge is 0.454 e. The quantitative estimate of drug-likeness (QED) is 0.743. The first-order valence-electron chi connectivity index (χ1n) is 4.76. The number of hydrogen-bond acceptors (Lipinski definition) is 3. The van der Waals surface area contributed by atoms with Crippen molar-refractivity contribution in [1.29, 1.82) is 0 Å². The van der Waals surface area contributed by atoms with Crippen LogP contribution in [-0.4, -0.2) is 16.3 Å². The van der Waals surface area contributed by atoms with E-state index < -0.39 is 0 Å². The molecule has 0 saturated carbocycles. The maximum absolute atomic E-state index is 5.31. The molecule has 1 aromatic heterocycles. The highest BCUT2D eigenvalue weighted by atomic mass is 16.7. The fourth-order valence-corrected chi connectivity index (χ4v) is 1.63. The number of benzene rings is 1. The van der Waals surface area contributed by atoms with Crippen molar-refractivity contribution in [3.05, 3.63) is 42.5 Å². The van der Waals surface area contributed by atoms with Gasteiger partial charge in [0.1, 0.15) is 0 Å². The SMILES string of the molecule is c1cn(Cc2ccc3c(c2)OCO3)cn1. The van der Waals surface area contributed by atoms with Crippen molar-refractivity contribution in [1.82, 2.24) is 9.55 Å². The highest BCUT2D eigenvalue weighted by molar-refractivity contribution is 5.44. The molecule has 0 aliphatic carbocycles. The highest BCUT2D eigenvalue weighted by Gasteiger charge is 2.12. The standard InChI is InChI=1S/C11H10N2O2/c1-2-10-11(15-8-14-10)5-9(1)6-13-4-3-12-7-13/h1-5,7H,6,8H2. The lowest BCUT2D eigenvalue weighted by molar-refractivity contribution is 0.174. The lowest BCUT2D eigenvalue weighted by Crippen LogP contribution is -1.96. The highest BCUT2D eigenvalue weighted by Crippen LogP contribution is 2.32. The Morgan fingerprint density at radius 1 is 1.27 bits per heavy atom. The first kappa shape index (κ1) is 8.35. The fourth-order valence-electron chi connectivity index (χ4n) is 1.63. The molecule has 76 valence electrons. The minimum atomic E-state index is 0.323. The predicted molar refractivity (Wildman–Crippen MR) is 53.9 cm³/mol. The Morgan fingerprint density at radius 2 is 2.20 bits per heavy atom. The fraction of sp³-hybridized carbons (Fsp3) is 0.182. The van der Waals surface area contributed by atoms with Crippen LogP contribution in [0.25, 0.3) is 0 Å². The van der Waals surface area contributed by atoms with Crippen LogP contribution in [0.4, 0.5) is 0 Å². The zero-order valence-electron chi connectivity index (χ0n) is 8.09. The summed E-state index contributed by atoms with van der Waals surface area (Å²) in [4.78, 5) is 4.00. The lowest BCUT2D eigenvalue weighted by Gasteiger charge is -2.03. The third-order valence-corrected chi connectivity index (χ3v) is 2.36. The average molecular weight is 202 g/mol. The second-order valence-electron chi connectivity index (χ2n) is 3.42. The molecule has 2 aromatic rings. The van der Waals surface area contributed by atoms with E-state index in [1.807, 2.05) is 29.0 Å². The van der Waals surface area contributed by atoms with E-state index in [-0.39, 0.29) is 0 Å². The maximum atomic E-state index is 5.31. The van der Waals surface area contributed by atoms with E-state index >= 15 is 0 Å². The summed E-state index contributed by atoms with van der Waals surface area (Å²) < 4.78 is 12.6. The Hall–Kier alpha value is -1.97. The summed E-state index contributed by atoms with van der Waals surface area (Å²) in [5, 5.41) is 0. The average Bonchev–Trinajstić information content (AvgIpc) is 2.87. The van der Waals surface area contributed by atoms with E-state index in [9.17, 15) is 0 Å². The number of imidazole rings is 1. The zero-order chi connectivity index (χ0) is 10.1. The van der Waals surface area contributed by atoms with Crippen LogP contribution in [0.15, 0.2) is 36.9 Å². The van der Waals surface area contributed by atoms with Crippen LogP contribution >= 0.6 is 0 Å². The third-order valence-electron chi connectivity index (χ3n) is 2.36. The zero-order valence-corrected chi connectivity index (χ0v) is 8.09. The van der Waals surface area contributed by atoms with Crippen molar-refractivity contribution < 1.29 is 9.47 Å². The second-order valence-corrected chi connectivity index (χ2v) is 3.42.